The van der Waals surface area contributed by atoms with Crippen molar-refractivity contribution in [3.8, 4) is 17.1 Å². The van der Waals surface area contributed by atoms with E-state index in [-0.39, 0.29) is 6.23 Å². The van der Waals surface area contributed by atoms with Gasteiger partial charge in [0, 0.05) is 11.3 Å². The molecule has 136 valence electrons. The molecule has 2 aromatic carbocycles. The lowest BCUT2D eigenvalue weighted by atomic mass is 10.1. The first kappa shape index (κ1) is 17.5. The first-order valence-corrected chi connectivity index (χ1v) is 9.86. The minimum absolute atomic E-state index is 0.344. The van der Waals surface area contributed by atoms with Gasteiger partial charge in [0.05, 0.1) is 0 Å². The summed E-state index contributed by atoms with van der Waals surface area (Å²) < 4.78 is 6.25. The van der Waals surface area contributed by atoms with Crippen molar-refractivity contribution < 1.29 is 4.74 Å². The molecule has 0 bridgehead atoms. The molecule has 0 spiro atoms. The topological polar surface area (TPSA) is 59.9 Å². The third-order valence-corrected chi connectivity index (χ3v) is 4.93. The van der Waals surface area contributed by atoms with Gasteiger partial charge in [0.2, 0.25) is 11.0 Å². The summed E-state index contributed by atoms with van der Waals surface area (Å²) in [4.78, 5) is 4.60. The summed E-state index contributed by atoms with van der Waals surface area (Å²) >= 11 is 1.55. The average Bonchev–Trinajstić information content (AvgIpc) is 2.85. The van der Waals surface area contributed by atoms with E-state index in [1.807, 2.05) is 42.5 Å². The standard InChI is InChI=1S/C21H20N4OS/c1-3-27-21-23-20-18(24-25-21)16-11-7-8-12-17(16)22-19(26-20)14(2)13-15-9-5-4-6-10-15/h4-13,19,22H,3H2,1-2H3/b14-13+/t19-/m1/s1. The van der Waals surface area contributed by atoms with Crippen molar-refractivity contribution in [2.75, 3.05) is 11.1 Å². The van der Waals surface area contributed by atoms with Crippen molar-refractivity contribution in [2.45, 2.75) is 25.2 Å². The molecule has 1 aliphatic heterocycles. The van der Waals surface area contributed by atoms with E-state index in [2.05, 4.69) is 52.6 Å². The van der Waals surface area contributed by atoms with Crippen LogP contribution in [0.3, 0.4) is 0 Å². The zero-order chi connectivity index (χ0) is 18.6. The molecule has 2 heterocycles. The predicted molar refractivity (Wildman–Crippen MR) is 110 cm³/mol. The highest BCUT2D eigenvalue weighted by atomic mass is 32.2. The van der Waals surface area contributed by atoms with E-state index in [0.29, 0.717) is 16.7 Å². The Kier molecular flexibility index (Phi) is 5.07. The molecule has 5 nitrogen and oxygen atoms in total. The first-order chi connectivity index (χ1) is 13.2. The van der Waals surface area contributed by atoms with Crippen LogP contribution in [0.25, 0.3) is 17.3 Å². The number of benzene rings is 2. The third kappa shape index (κ3) is 3.80. The molecule has 6 heteroatoms. The highest BCUT2D eigenvalue weighted by molar-refractivity contribution is 7.99. The molecule has 1 N–H and O–H groups in total. The second-order valence-electron chi connectivity index (χ2n) is 6.17. The number of thioether (sulfide) groups is 1. The van der Waals surface area contributed by atoms with E-state index in [1.54, 1.807) is 11.8 Å². The molecule has 0 aliphatic carbocycles. The number of nitrogens with zero attached hydrogens (tertiary/aromatic N) is 3. The van der Waals surface area contributed by atoms with Crippen molar-refractivity contribution in [1.82, 2.24) is 15.2 Å². The van der Waals surface area contributed by atoms with E-state index in [0.717, 1.165) is 28.1 Å². The Morgan fingerprint density at radius 1 is 1.11 bits per heavy atom. The first-order valence-electron chi connectivity index (χ1n) is 8.88. The molecule has 27 heavy (non-hydrogen) atoms. The summed E-state index contributed by atoms with van der Waals surface area (Å²) in [7, 11) is 0. The van der Waals surface area contributed by atoms with Gasteiger partial charge >= 0.3 is 0 Å². The highest BCUT2D eigenvalue weighted by Crippen LogP contribution is 2.37. The van der Waals surface area contributed by atoms with Gasteiger partial charge in [0.1, 0.15) is 0 Å². The monoisotopic (exact) mass is 376 g/mol. The Hall–Kier alpha value is -2.86. The van der Waals surface area contributed by atoms with Crippen LogP contribution in [0.15, 0.2) is 65.3 Å². The van der Waals surface area contributed by atoms with E-state index < -0.39 is 0 Å². The SMILES string of the molecule is CCSc1nnc2c(n1)O[C@H](/C(C)=C/c1ccccc1)Nc1ccccc1-2. The van der Waals surface area contributed by atoms with Crippen LogP contribution < -0.4 is 10.1 Å². The second kappa shape index (κ2) is 7.80. The van der Waals surface area contributed by atoms with Crippen LogP contribution in [-0.2, 0) is 0 Å². The Labute approximate surface area is 162 Å². The van der Waals surface area contributed by atoms with Crippen molar-refractivity contribution in [3.63, 3.8) is 0 Å². The molecule has 4 rings (SSSR count). The number of hydrogen-bond acceptors (Lipinski definition) is 6. The fourth-order valence-electron chi connectivity index (χ4n) is 2.93. The van der Waals surface area contributed by atoms with Gasteiger partial charge in [-0.05, 0) is 29.9 Å². The van der Waals surface area contributed by atoms with E-state index in [1.165, 1.54) is 0 Å². The summed E-state index contributed by atoms with van der Waals surface area (Å²) in [6, 6.07) is 18.2. The summed E-state index contributed by atoms with van der Waals surface area (Å²) in [5.74, 6) is 1.38. The van der Waals surface area contributed by atoms with Crippen LogP contribution in [0.4, 0.5) is 5.69 Å². The van der Waals surface area contributed by atoms with Crippen LogP contribution in [-0.4, -0.2) is 27.2 Å². The molecule has 1 aromatic heterocycles. The zero-order valence-electron chi connectivity index (χ0n) is 15.2. The fourth-order valence-corrected chi connectivity index (χ4v) is 3.44. The van der Waals surface area contributed by atoms with E-state index in [4.69, 9.17) is 4.74 Å². The molecule has 1 atom stereocenters. The number of fused-ring (bicyclic) bond motifs is 3. The normalized spacial score (nSPS) is 15.8. The number of para-hydroxylation sites is 1. The minimum atomic E-state index is -0.344. The molecule has 3 aromatic rings. The average molecular weight is 376 g/mol. The molecule has 1 aliphatic rings. The van der Waals surface area contributed by atoms with Gasteiger partial charge in [0.15, 0.2) is 11.9 Å². The maximum Gasteiger partial charge on any atom is 0.247 e. The molecular weight excluding hydrogens is 356 g/mol. The number of hydrogen-bond donors (Lipinski definition) is 1. The van der Waals surface area contributed by atoms with Crippen molar-refractivity contribution >= 4 is 23.5 Å². The van der Waals surface area contributed by atoms with Crippen LogP contribution in [0, 0.1) is 0 Å². The minimum Gasteiger partial charge on any atom is -0.448 e. The number of ether oxygens (including phenoxy) is 1. The van der Waals surface area contributed by atoms with Gasteiger partial charge in [-0.2, -0.15) is 4.98 Å². The van der Waals surface area contributed by atoms with Gasteiger partial charge in [-0.25, -0.2) is 0 Å². The number of nitrogens with one attached hydrogen (secondary N) is 1. The van der Waals surface area contributed by atoms with Gasteiger partial charge in [0.25, 0.3) is 0 Å². The Bertz CT molecular complexity index is 975. The van der Waals surface area contributed by atoms with Gasteiger partial charge < -0.3 is 10.1 Å². The van der Waals surface area contributed by atoms with Gasteiger partial charge in [-0.3, -0.25) is 0 Å². The predicted octanol–water partition coefficient (Wildman–Crippen LogP) is 4.88. The maximum absolute atomic E-state index is 6.25. The van der Waals surface area contributed by atoms with Crippen LogP contribution in [0.5, 0.6) is 5.88 Å². The van der Waals surface area contributed by atoms with Crippen LogP contribution in [0.2, 0.25) is 0 Å². The van der Waals surface area contributed by atoms with Crippen molar-refractivity contribution in [1.29, 1.82) is 0 Å². The number of anilines is 1. The van der Waals surface area contributed by atoms with E-state index in [9.17, 15) is 0 Å². The largest absolute Gasteiger partial charge is 0.448 e. The third-order valence-electron chi connectivity index (χ3n) is 4.21. The van der Waals surface area contributed by atoms with E-state index >= 15 is 0 Å². The quantitative estimate of drug-likeness (QED) is 0.655. The van der Waals surface area contributed by atoms with Crippen molar-refractivity contribution in [2.24, 2.45) is 0 Å². The molecule has 0 saturated carbocycles. The molecule has 0 saturated heterocycles. The molecule has 0 amide bonds. The van der Waals surface area contributed by atoms with Crippen LogP contribution in [0.1, 0.15) is 19.4 Å². The lowest BCUT2D eigenvalue weighted by Gasteiger charge is -2.20. The highest BCUT2D eigenvalue weighted by Gasteiger charge is 2.25. The number of aromatic nitrogens is 3. The van der Waals surface area contributed by atoms with Crippen LogP contribution >= 0.6 is 11.8 Å². The fraction of sp³-hybridized carbons (Fsp3) is 0.190. The van der Waals surface area contributed by atoms with Gasteiger partial charge in [-0.1, -0.05) is 73.3 Å². The summed E-state index contributed by atoms with van der Waals surface area (Å²) in [6.45, 7) is 4.11. The lowest BCUT2D eigenvalue weighted by molar-refractivity contribution is 0.255. The van der Waals surface area contributed by atoms with Crippen molar-refractivity contribution in [3.05, 3.63) is 65.7 Å². The lowest BCUT2D eigenvalue weighted by Crippen LogP contribution is -2.27. The summed E-state index contributed by atoms with van der Waals surface area (Å²) in [6.07, 6.45) is 1.77. The Balaban J connectivity index is 1.76. The summed E-state index contributed by atoms with van der Waals surface area (Å²) in [5, 5.41) is 12.7. The summed E-state index contributed by atoms with van der Waals surface area (Å²) in [5.41, 5.74) is 4.73. The van der Waals surface area contributed by atoms with Gasteiger partial charge in [-0.15, -0.1) is 10.2 Å². The second-order valence-corrected chi connectivity index (χ2v) is 7.40. The zero-order valence-corrected chi connectivity index (χ0v) is 16.0. The smallest absolute Gasteiger partial charge is 0.247 e. The molecule has 0 unspecified atom stereocenters. The Morgan fingerprint density at radius 2 is 1.89 bits per heavy atom. The molecule has 0 radical (unpaired) electrons. The molecule has 0 fully saturated rings. The maximum atomic E-state index is 6.25. The Morgan fingerprint density at radius 3 is 2.70 bits per heavy atom. The molecular formula is C21H20N4OS. The number of rotatable bonds is 4.